The number of benzene rings is 1. The fourth-order valence-electron chi connectivity index (χ4n) is 5.43. The van der Waals surface area contributed by atoms with Crippen LogP contribution in [0.5, 0.6) is 5.75 Å². The second kappa shape index (κ2) is 5.27. The van der Waals surface area contributed by atoms with Gasteiger partial charge in [-0.15, -0.1) is 0 Å². The standard InChI is InChI=1S/C18H24BrNO/c1-20-15(9-12-8-13(21-2)5-6-14(12)19)18-16-10-3-4-11(7-10)17(16)18/h5-6,8,10-11,15-18,20H,3-4,7,9H2,1-2H3. The number of ether oxygens (including phenoxy) is 1. The Morgan fingerprint density at radius 2 is 2.00 bits per heavy atom. The molecule has 21 heavy (non-hydrogen) atoms. The summed E-state index contributed by atoms with van der Waals surface area (Å²) in [7, 11) is 3.88. The minimum Gasteiger partial charge on any atom is -0.497 e. The van der Waals surface area contributed by atoms with Gasteiger partial charge in [-0.2, -0.15) is 0 Å². The summed E-state index contributed by atoms with van der Waals surface area (Å²) >= 11 is 3.70. The van der Waals surface area contributed by atoms with E-state index in [4.69, 9.17) is 4.74 Å². The van der Waals surface area contributed by atoms with Crippen molar-refractivity contribution in [2.75, 3.05) is 14.2 Å². The van der Waals surface area contributed by atoms with Gasteiger partial charge in [0.05, 0.1) is 7.11 Å². The molecule has 1 aromatic rings. The quantitative estimate of drug-likeness (QED) is 0.870. The molecular weight excluding hydrogens is 326 g/mol. The molecule has 0 spiro atoms. The number of likely N-dealkylation sites (N-methyl/N-ethyl adjacent to an activating group) is 1. The number of halogens is 1. The first-order valence-corrected chi connectivity index (χ1v) is 9.02. The summed E-state index contributed by atoms with van der Waals surface area (Å²) in [6.45, 7) is 0. The fraction of sp³-hybridized carbons (Fsp3) is 0.667. The first kappa shape index (κ1) is 14.1. The highest BCUT2D eigenvalue weighted by atomic mass is 79.9. The maximum absolute atomic E-state index is 5.38. The van der Waals surface area contributed by atoms with Crippen LogP contribution in [0.3, 0.4) is 0 Å². The van der Waals surface area contributed by atoms with Crippen molar-refractivity contribution in [2.24, 2.45) is 29.6 Å². The zero-order valence-corrected chi connectivity index (χ0v) is 14.4. The number of methoxy groups -OCH3 is 1. The minimum absolute atomic E-state index is 0.617. The SMILES string of the molecule is CNC(Cc1cc(OC)ccc1Br)C1C2C3CCC(C3)C21. The van der Waals surface area contributed by atoms with Gasteiger partial charge in [0, 0.05) is 10.5 Å². The van der Waals surface area contributed by atoms with Crippen LogP contribution in [0.2, 0.25) is 0 Å². The summed E-state index contributed by atoms with van der Waals surface area (Å²) in [5.41, 5.74) is 1.37. The molecule has 0 aromatic heterocycles. The van der Waals surface area contributed by atoms with E-state index >= 15 is 0 Å². The Hall–Kier alpha value is -0.540. The van der Waals surface area contributed by atoms with Crippen LogP contribution in [0.15, 0.2) is 22.7 Å². The van der Waals surface area contributed by atoms with Crippen LogP contribution in [0.1, 0.15) is 24.8 Å². The Morgan fingerprint density at radius 3 is 2.62 bits per heavy atom. The monoisotopic (exact) mass is 349 g/mol. The lowest BCUT2D eigenvalue weighted by Gasteiger charge is -2.21. The van der Waals surface area contributed by atoms with Gasteiger partial charge < -0.3 is 10.1 Å². The maximum atomic E-state index is 5.38. The van der Waals surface area contributed by atoms with Crippen LogP contribution in [-0.2, 0) is 6.42 Å². The first-order valence-electron chi connectivity index (χ1n) is 8.22. The minimum atomic E-state index is 0.617. The molecule has 2 bridgehead atoms. The van der Waals surface area contributed by atoms with Gasteiger partial charge >= 0.3 is 0 Å². The topological polar surface area (TPSA) is 21.3 Å². The lowest BCUT2D eigenvalue weighted by molar-refractivity contribution is 0.375. The zero-order valence-electron chi connectivity index (χ0n) is 12.8. The summed E-state index contributed by atoms with van der Waals surface area (Å²) in [6, 6.07) is 6.93. The summed E-state index contributed by atoms with van der Waals surface area (Å²) < 4.78 is 6.58. The maximum Gasteiger partial charge on any atom is 0.119 e. The van der Waals surface area contributed by atoms with Crippen molar-refractivity contribution in [2.45, 2.75) is 31.7 Å². The van der Waals surface area contributed by atoms with E-state index in [1.54, 1.807) is 7.11 Å². The molecule has 1 N–H and O–H groups in total. The van der Waals surface area contributed by atoms with Gasteiger partial charge in [0.1, 0.15) is 5.75 Å². The average molecular weight is 350 g/mol. The van der Waals surface area contributed by atoms with Gasteiger partial charge in [-0.1, -0.05) is 15.9 Å². The molecule has 0 amide bonds. The van der Waals surface area contributed by atoms with Gasteiger partial charge in [0.2, 0.25) is 0 Å². The Kier molecular flexibility index (Phi) is 3.54. The molecule has 3 fully saturated rings. The predicted molar refractivity (Wildman–Crippen MR) is 88.5 cm³/mol. The smallest absolute Gasteiger partial charge is 0.119 e. The van der Waals surface area contributed by atoms with E-state index in [1.165, 1.54) is 29.3 Å². The number of rotatable bonds is 5. The van der Waals surface area contributed by atoms with Crippen molar-refractivity contribution in [1.29, 1.82) is 0 Å². The van der Waals surface area contributed by atoms with E-state index in [9.17, 15) is 0 Å². The van der Waals surface area contributed by atoms with Crippen molar-refractivity contribution in [3.63, 3.8) is 0 Å². The molecule has 3 aliphatic rings. The van der Waals surface area contributed by atoms with Gasteiger partial charge in [-0.25, -0.2) is 0 Å². The lowest BCUT2D eigenvalue weighted by Crippen LogP contribution is -2.32. The second-order valence-electron chi connectivity index (χ2n) is 7.12. The second-order valence-corrected chi connectivity index (χ2v) is 7.98. The fourth-order valence-corrected chi connectivity index (χ4v) is 5.84. The highest BCUT2D eigenvalue weighted by Crippen LogP contribution is 2.70. The van der Waals surface area contributed by atoms with E-state index in [2.05, 4.69) is 40.4 Å². The van der Waals surface area contributed by atoms with E-state index in [0.717, 1.165) is 41.8 Å². The van der Waals surface area contributed by atoms with Crippen LogP contribution in [-0.4, -0.2) is 20.2 Å². The van der Waals surface area contributed by atoms with Crippen LogP contribution in [0.4, 0.5) is 0 Å². The Labute approximate surface area is 135 Å². The average Bonchev–Trinajstić information content (AvgIpc) is 2.92. The van der Waals surface area contributed by atoms with Crippen molar-refractivity contribution in [1.82, 2.24) is 5.32 Å². The number of hydrogen-bond donors (Lipinski definition) is 1. The molecule has 4 rings (SSSR count). The summed E-state index contributed by atoms with van der Waals surface area (Å²) in [4.78, 5) is 0. The largest absolute Gasteiger partial charge is 0.497 e. The van der Waals surface area contributed by atoms with E-state index in [0.29, 0.717) is 6.04 Å². The summed E-state index contributed by atoms with van der Waals surface area (Å²) in [6.07, 6.45) is 5.64. The van der Waals surface area contributed by atoms with E-state index < -0.39 is 0 Å². The normalized spacial score (nSPS) is 37.4. The number of fused-ring (bicyclic) bond motifs is 5. The predicted octanol–water partition coefficient (Wildman–Crippen LogP) is 3.88. The van der Waals surface area contributed by atoms with Crippen LogP contribution >= 0.6 is 15.9 Å². The molecule has 0 radical (unpaired) electrons. The van der Waals surface area contributed by atoms with Crippen molar-refractivity contribution >= 4 is 15.9 Å². The summed E-state index contributed by atoms with van der Waals surface area (Å²) in [5, 5.41) is 3.61. The molecule has 5 atom stereocenters. The molecule has 0 heterocycles. The lowest BCUT2D eigenvalue weighted by atomic mass is 9.93. The molecule has 0 aliphatic heterocycles. The van der Waals surface area contributed by atoms with Crippen LogP contribution in [0, 0.1) is 29.6 Å². The van der Waals surface area contributed by atoms with Gasteiger partial charge in [0.15, 0.2) is 0 Å². The van der Waals surface area contributed by atoms with Crippen molar-refractivity contribution < 1.29 is 4.74 Å². The van der Waals surface area contributed by atoms with Crippen LogP contribution < -0.4 is 10.1 Å². The molecular formula is C18H24BrNO. The first-order chi connectivity index (χ1) is 10.2. The molecule has 3 aliphatic carbocycles. The van der Waals surface area contributed by atoms with Gasteiger partial charge in [0.25, 0.3) is 0 Å². The molecule has 3 saturated carbocycles. The van der Waals surface area contributed by atoms with E-state index in [-0.39, 0.29) is 0 Å². The third-order valence-electron chi connectivity index (χ3n) is 6.32. The van der Waals surface area contributed by atoms with Gasteiger partial charge in [-0.05, 0) is 86.1 Å². The van der Waals surface area contributed by atoms with Crippen molar-refractivity contribution in [3.05, 3.63) is 28.2 Å². The molecule has 2 nitrogen and oxygen atoms in total. The highest BCUT2D eigenvalue weighted by Gasteiger charge is 2.66. The number of nitrogens with one attached hydrogen (secondary N) is 1. The zero-order chi connectivity index (χ0) is 14.6. The molecule has 3 heteroatoms. The molecule has 0 saturated heterocycles. The third kappa shape index (κ3) is 2.24. The summed E-state index contributed by atoms with van der Waals surface area (Å²) in [5.74, 6) is 6.04. The Balaban J connectivity index is 1.51. The van der Waals surface area contributed by atoms with Crippen LogP contribution in [0.25, 0.3) is 0 Å². The molecule has 1 aromatic carbocycles. The Bertz CT molecular complexity index is 530. The van der Waals surface area contributed by atoms with Gasteiger partial charge in [-0.3, -0.25) is 0 Å². The Morgan fingerprint density at radius 1 is 1.29 bits per heavy atom. The molecule has 5 unspecified atom stereocenters. The molecule has 114 valence electrons. The van der Waals surface area contributed by atoms with E-state index in [1.807, 2.05) is 6.07 Å². The third-order valence-corrected chi connectivity index (χ3v) is 7.10. The number of hydrogen-bond acceptors (Lipinski definition) is 2. The van der Waals surface area contributed by atoms with Crippen molar-refractivity contribution in [3.8, 4) is 5.75 Å². The highest BCUT2D eigenvalue weighted by molar-refractivity contribution is 9.10.